The summed E-state index contributed by atoms with van der Waals surface area (Å²) in [6.45, 7) is 2.02. The Morgan fingerprint density at radius 3 is 2.87 bits per heavy atom. The molecule has 0 saturated carbocycles. The van der Waals surface area contributed by atoms with Crippen molar-refractivity contribution in [2.24, 2.45) is 0 Å². The number of amides is 1. The van der Waals surface area contributed by atoms with Gasteiger partial charge in [0.05, 0.1) is 5.69 Å². The van der Waals surface area contributed by atoms with Gasteiger partial charge in [0.15, 0.2) is 0 Å². The first-order valence-corrected chi connectivity index (χ1v) is 4.53. The number of nitrogens with zero attached hydrogens (tertiary/aromatic N) is 1. The van der Waals surface area contributed by atoms with E-state index in [-0.39, 0.29) is 18.1 Å². The fourth-order valence-corrected chi connectivity index (χ4v) is 0.999. The summed E-state index contributed by atoms with van der Waals surface area (Å²) in [5, 5.41) is 14.5. The van der Waals surface area contributed by atoms with Gasteiger partial charge < -0.3 is 14.9 Å². The van der Waals surface area contributed by atoms with Crippen LogP contribution in [0.2, 0.25) is 0 Å². The summed E-state index contributed by atoms with van der Waals surface area (Å²) in [6.07, 6.45) is 0.434. The van der Waals surface area contributed by atoms with Crippen molar-refractivity contribution >= 4 is 11.9 Å². The fourth-order valence-electron chi connectivity index (χ4n) is 0.999. The predicted octanol–water partition coefficient (Wildman–Crippen LogP) is 0.578. The molecule has 15 heavy (non-hydrogen) atoms. The van der Waals surface area contributed by atoms with E-state index in [0.29, 0.717) is 18.7 Å². The van der Waals surface area contributed by atoms with Crippen LogP contribution in [-0.2, 0) is 4.79 Å². The van der Waals surface area contributed by atoms with Crippen molar-refractivity contribution in [1.82, 2.24) is 10.5 Å². The zero-order chi connectivity index (χ0) is 11.3. The number of carboxylic acid groups (broad SMARTS) is 1. The highest BCUT2D eigenvalue weighted by Gasteiger charge is 2.10. The second-order valence-electron chi connectivity index (χ2n) is 3.09. The molecular weight excluding hydrogens is 200 g/mol. The Bertz CT molecular complexity index is 359. The Labute approximate surface area is 86.3 Å². The van der Waals surface area contributed by atoms with Crippen LogP contribution in [0.4, 0.5) is 0 Å². The molecule has 6 heteroatoms. The van der Waals surface area contributed by atoms with Gasteiger partial charge >= 0.3 is 5.97 Å². The summed E-state index contributed by atoms with van der Waals surface area (Å²) in [7, 11) is 0. The van der Waals surface area contributed by atoms with E-state index in [1.54, 1.807) is 6.92 Å². The number of aryl methyl sites for hydroxylation is 1. The summed E-state index contributed by atoms with van der Waals surface area (Å²) in [6, 6.07) is 1.52. The van der Waals surface area contributed by atoms with Crippen LogP contribution in [-0.4, -0.2) is 28.7 Å². The number of rotatable bonds is 5. The van der Waals surface area contributed by atoms with E-state index >= 15 is 0 Å². The Hall–Kier alpha value is -1.85. The average Bonchev–Trinajstić information content (AvgIpc) is 2.59. The minimum absolute atomic E-state index is 0.0374. The van der Waals surface area contributed by atoms with Crippen molar-refractivity contribution in [3.05, 3.63) is 17.5 Å². The van der Waals surface area contributed by atoms with E-state index in [4.69, 9.17) is 9.63 Å². The van der Waals surface area contributed by atoms with E-state index in [9.17, 15) is 9.59 Å². The SMILES string of the molecule is Cc1cc(C(=O)NCCCC(=O)O)on1. The maximum absolute atomic E-state index is 11.3. The van der Waals surface area contributed by atoms with E-state index in [1.165, 1.54) is 6.07 Å². The first-order chi connectivity index (χ1) is 7.09. The van der Waals surface area contributed by atoms with Gasteiger partial charge in [0.25, 0.3) is 5.91 Å². The fraction of sp³-hybridized carbons (Fsp3) is 0.444. The second-order valence-corrected chi connectivity index (χ2v) is 3.09. The van der Waals surface area contributed by atoms with Crippen LogP contribution in [0, 0.1) is 6.92 Å². The third-order valence-electron chi connectivity index (χ3n) is 1.70. The smallest absolute Gasteiger partial charge is 0.303 e. The first kappa shape index (κ1) is 11.2. The van der Waals surface area contributed by atoms with Gasteiger partial charge in [-0.05, 0) is 13.3 Å². The Kier molecular flexibility index (Phi) is 3.84. The highest BCUT2D eigenvalue weighted by Crippen LogP contribution is 2.01. The molecule has 0 radical (unpaired) electrons. The highest BCUT2D eigenvalue weighted by atomic mass is 16.5. The minimum atomic E-state index is -0.875. The van der Waals surface area contributed by atoms with Crippen molar-refractivity contribution in [2.75, 3.05) is 6.54 Å². The molecular formula is C9H12N2O4. The third kappa shape index (κ3) is 3.80. The van der Waals surface area contributed by atoms with Crippen LogP contribution >= 0.6 is 0 Å². The molecule has 0 bridgehead atoms. The van der Waals surface area contributed by atoms with Crippen LogP contribution in [0.15, 0.2) is 10.6 Å². The van der Waals surface area contributed by atoms with Crippen LogP contribution in [0.3, 0.4) is 0 Å². The Balaban J connectivity index is 2.28. The number of hydrogen-bond donors (Lipinski definition) is 2. The molecule has 0 spiro atoms. The molecule has 1 rings (SSSR count). The largest absolute Gasteiger partial charge is 0.481 e. The summed E-state index contributed by atoms with van der Waals surface area (Å²) in [4.78, 5) is 21.5. The number of nitrogens with one attached hydrogen (secondary N) is 1. The van der Waals surface area contributed by atoms with E-state index in [0.717, 1.165) is 0 Å². The molecule has 0 aromatic carbocycles. The molecule has 0 fully saturated rings. The molecule has 1 amide bonds. The van der Waals surface area contributed by atoms with Crippen molar-refractivity contribution in [2.45, 2.75) is 19.8 Å². The van der Waals surface area contributed by atoms with Crippen molar-refractivity contribution in [3.8, 4) is 0 Å². The summed E-state index contributed by atoms with van der Waals surface area (Å²) in [5.74, 6) is -1.11. The maximum atomic E-state index is 11.3. The molecule has 6 nitrogen and oxygen atoms in total. The van der Waals surface area contributed by atoms with Gasteiger partial charge in [0, 0.05) is 19.0 Å². The van der Waals surface area contributed by atoms with Crippen molar-refractivity contribution in [3.63, 3.8) is 0 Å². The Morgan fingerprint density at radius 2 is 2.33 bits per heavy atom. The maximum Gasteiger partial charge on any atom is 0.303 e. The molecule has 82 valence electrons. The predicted molar refractivity (Wildman–Crippen MR) is 50.4 cm³/mol. The lowest BCUT2D eigenvalue weighted by atomic mass is 10.3. The molecule has 0 aliphatic rings. The minimum Gasteiger partial charge on any atom is -0.481 e. The molecule has 1 aromatic rings. The van der Waals surface area contributed by atoms with Gasteiger partial charge in [0.1, 0.15) is 0 Å². The molecule has 1 heterocycles. The number of carbonyl (C=O) groups excluding carboxylic acids is 1. The Morgan fingerprint density at radius 1 is 1.60 bits per heavy atom. The number of aromatic nitrogens is 1. The molecule has 0 aliphatic carbocycles. The monoisotopic (exact) mass is 212 g/mol. The zero-order valence-corrected chi connectivity index (χ0v) is 8.32. The molecule has 0 saturated heterocycles. The number of hydrogen-bond acceptors (Lipinski definition) is 4. The van der Waals surface area contributed by atoms with Gasteiger partial charge in [-0.2, -0.15) is 0 Å². The summed E-state index contributed by atoms with van der Waals surface area (Å²) < 4.78 is 4.73. The number of carbonyl (C=O) groups is 2. The van der Waals surface area contributed by atoms with E-state index in [1.807, 2.05) is 0 Å². The third-order valence-corrected chi connectivity index (χ3v) is 1.70. The molecule has 0 aliphatic heterocycles. The molecule has 0 unspecified atom stereocenters. The lowest BCUT2D eigenvalue weighted by Crippen LogP contribution is -2.24. The van der Waals surface area contributed by atoms with Crippen molar-refractivity contribution < 1.29 is 19.2 Å². The second kappa shape index (κ2) is 5.14. The summed E-state index contributed by atoms with van der Waals surface area (Å²) >= 11 is 0. The highest BCUT2D eigenvalue weighted by molar-refractivity contribution is 5.91. The normalized spacial score (nSPS) is 9.93. The first-order valence-electron chi connectivity index (χ1n) is 4.53. The van der Waals surface area contributed by atoms with E-state index < -0.39 is 5.97 Å². The number of carboxylic acids is 1. The van der Waals surface area contributed by atoms with Crippen LogP contribution in [0.1, 0.15) is 29.1 Å². The van der Waals surface area contributed by atoms with Gasteiger partial charge in [-0.15, -0.1) is 0 Å². The van der Waals surface area contributed by atoms with Crippen LogP contribution < -0.4 is 5.32 Å². The quantitative estimate of drug-likeness (QED) is 0.696. The van der Waals surface area contributed by atoms with Crippen LogP contribution in [0.25, 0.3) is 0 Å². The van der Waals surface area contributed by atoms with Gasteiger partial charge in [-0.1, -0.05) is 5.16 Å². The topological polar surface area (TPSA) is 92.4 Å². The number of aliphatic carboxylic acids is 1. The van der Waals surface area contributed by atoms with Crippen LogP contribution in [0.5, 0.6) is 0 Å². The average molecular weight is 212 g/mol. The lowest BCUT2D eigenvalue weighted by Gasteiger charge is -1.99. The van der Waals surface area contributed by atoms with Crippen molar-refractivity contribution in [1.29, 1.82) is 0 Å². The summed E-state index contributed by atoms with van der Waals surface area (Å²) in [5.41, 5.74) is 0.630. The van der Waals surface area contributed by atoms with Gasteiger partial charge in [-0.3, -0.25) is 9.59 Å². The van der Waals surface area contributed by atoms with E-state index in [2.05, 4.69) is 10.5 Å². The molecule has 2 N–H and O–H groups in total. The standard InChI is InChI=1S/C9H12N2O4/c1-6-5-7(15-11-6)9(14)10-4-2-3-8(12)13/h5H,2-4H2,1H3,(H,10,14)(H,12,13). The molecule has 0 atom stereocenters. The lowest BCUT2D eigenvalue weighted by molar-refractivity contribution is -0.137. The van der Waals surface area contributed by atoms with Gasteiger partial charge in [-0.25, -0.2) is 0 Å². The molecule has 1 aromatic heterocycles. The van der Waals surface area contributed by atoms with Gasteiger partial charge in [0.2, 0.25) is 5.76 Å². The zero-order valence-electron chi connectivity index (χ0n) is 8.32.